The third-order valence-electron chi connectivity index (χ3n) is 2.95. The molecule has 23 heavy (non-hydrogen) atoms. The molecule has 0 radical (unpaired) electrons. The molecule has 0 spiro atoms. The molecule has 2 rings (SSSR count). The van der Waals surface area contributed by atoms with Crippen molar-refractivity contribution in [3.63, 3.8) is 0 Å². The molecule has 0 aliphatic rings. The number of carbonyl (C=O) groups excluding carboxylic acids is 2. The molecule has 0 bridgehead atoms. The van der Waals surface area contributed by atoms with E-state index < -0.39 is 5.91 Å². The molecule has 0 unspecified atom stereocenters. The van der Waals surface area contributed by atoms with Gasteiger partial charge in [0.2, 0.25) is 11.7 Å². The van der Waals surface area contributed by atoms with Crippen molar-refractivity contribution in [3.8, 4) is 5.69 Å². The minimum Gasteiger partial charge on any atom is -0.273 e. The second-order valence-electron chi connectivity index (χ2n) is 5.47. The summed E-state index contributed by atoms with van der Waals surface area (Å²) in [5.74, 6) is -0.107. The first-order valence-electron chi connectivity index (χ1n) is 7.15. The summed E-state index contributed by atoms with van der Waals surface area (Å²) in [6, 6.07) is 7.00. The summed E-state index contributed by atoms with van der Waals surface area (Å²) >= 11 is 5.85. The lowest BCUT2D eigenvalue weighted by Crippen LogP contribution is -2.42. The first kappa shape index (κ1) is 17.0. The summed E-state index contributed by atoms with van der Waals surface area (Å²) in [5.41, 5.74) is 5.39. The number of rotatable bonds is 4. The number of nitrogens with zero attached hydrogens (tertiary/aromatic N) is 3. The molecule has 0 aliphatic heterocycles. The second kappa shape index (κ2) is 7.23. The summed E-state index contributed by atoms with van der Waals surface area (Å²) in [4.78, 5) is 27.6. The molecule has 0 saturated carbocycles. The largest absolute Gasteiger partial charge is 0.309 e. The van der Waals surface area contributed by atoms with Gasteiger partial charge in [-0.05, 0) is 37.1 Å². The summed E-state index contributed by atoms with van der Waals surface area (Å²) in [6.07, 6.45) is 0.325. The van der Waals surface area contributed by atoms with Crippen molar-refractivity contribution >= 4 is 23.4 Å². The van der Waals surface area contributed by atoms with E-state index in [4.69, 9.17) is 11.6 Å². The van der Waals surface area contributed by atoms with E-state index in [1.807, 2.05) is 13.8 Å². The van der Waals surface area contributed by atoms with E-state index in [-0.39, 0.29) is 17.6 Å². The Kier molecular flexibility index (Phi) is 5.33. The summed E-state index contributed by atoms with van der Waals surface area (Å²) in [5, 5.41) is 4.76. The van der Waals surface area contributed by atoms with Crippen LogP contribution in [0.25, 0.3) is 5.69 Å². The fraction of sp³-hybridized carbons (Fsp3) is 0.333. The lowest BCUT2D eigenvalue weighted by Gasteiger charge is -2.06. The van der Waals surface area contributed by atoms with Gasteiger partial charge in [-0.25, -0.2) is 9.67 Å². The van der Waals surface area contributed by atoms with Crippen molar-refractivity contribution in [2.24, 2.45) is 5.92 Å². The standard InChI is InChI=1S/C15H18ClN5O2/c1-9(2)8-13(22)18-19-15(23)14-17-10(3)21(20-14)12-6-4-11(16)5-7-12/h4-7,9H,8H2,1-3H3,(H,18,22)(H,19,23). The number of hydrazine groups is 1. The smallest absolute Gasteiger partial charge is 0.273 e. The van der Waals surface area contributed by atoms with Crippen LogP contribution < -0.4 is 10.9 Å². The minimum absolute atomic E-state index is 0.0257. The van der Waals surface area contributed by atoms with E-state index >= 15 is 0 Å². The molecule has 8 heteroatoms. The van der Waals surface area contributed by atoms with E-state index in [0.717, 1.165) is 5.69 Å². The first-order chi connectivity index (χ1) is 10.9. The van der Waals surface area contributed by atoms with E-state index in [9.17, 15) is 9.59 Å². The maximum atomic E-state index is 12.0. The fourth-order valence-electron chi connectivity index (χ4n) is 1.92. The maximum Gasteiger partial charge on any atom is 0.309 e. The third-order valence-corrected chi connectivity index (χ3v) is 3.20. The second-order valence-corrected chi connectivity index (χ2v) is 5.91. The number of hydrogen-bond donors (Lipinski definition) is 2. The van der Waals surface area contributed by atoms with Crippen LogP contribution in [0.3, 0.4) is 0 Å². The lowest BCUT2D eigenvalue weighted by molar-refractivity contribution is -0.122. The van der Waals surface area contributed by atoms with Gasteiger partial charge in [-0.1, -0.05) is 25.4 Å². The first-order valence-corrected chi connectivity index (χ1v) is 7.53. The highest BCUT2D eigenvalue weighted by atomic mass is 35.5. The topological polar surface area (TPSA) is 88.9 Å². The SMILES string of the molecule is Cc1nc(C(=O)NNC(=O)CC(C)C)nn1-c1ccc(Cl)cc1. The number of amides is 2. The molecule has 2 aromatic rings. The highest BCUT2D eigenvalue weighted by molar-refractivity contribution is 6.30. The zero-order chi connectivity index (χ0) is 17.0. The molecule has 1 aromatic carbocycles. The molecule has 2 N–H and O–H groups in total. The molecular weight excluding hydrogens is 318 g/mol. The predicted molar refractivity (Wildman–Crippen MR) is 86.2 cm³/mol. The molecular formula is C15H18ClN5O2. The Morgan fingerprint density at radius 3 is 2.48 bits per heavy atom. The molecule has 2 amide bonds. The van der Waals surface area contributed by atoms with Gasteiger partial charge in [0.15, 0.2) is 0 Å². The van der Waals surface area contributed by atoms with Crippen molar-refractivity contribution in [1.29, 1.82) is 0 Å². The fourth-order valence-corrected chi connectivity index (χ4v) is 2.04. The van der Waals surface area contributed by atoms with Crippen LogP contribution >= 0.6 is 11.6 Å². The Morgan fingerprint density at radius 2 is 1.87 bits per heavy atom. The van der Waals surface area contributed by atoms with Gasteiger partial charge >= 0.3 is 5.91 Å². The van der Waals surface area contributed by atoms with Crippen molar-refractivity contribution in [1.82, 2.24) is 25.6 Å². The Labute approximate surface area is 139 Å². The Morgan fingerprint density at radius 1 is 1.22 bits per heavy atom. The van der Waals surface area contributed by atoms with Crippen LogP contribution in [-0.4, -0.2) is 26.6 Å². The molecule has 1 aromatic heterocycles. The van der Waals surface area contributed by atoms with Crippen molar-refractivity contribution in [3.05, 3.63) is 40.9 Å². The lowest BCUT2D eigenvalue weighted by atomic mass is 10.1. The number of nitrogens with one attached hydrogen (secondary N) is 2. The van der Waals surface area contributed by atoms with Gasteiger partial charge in [-0.15, -0.1) is 5.10 Å². The molecule has 0 aliphatic carbocycles. The van der Waals surface area contributed by atoms with E-state index in [1.54, 1.807) is 31.2 Å². The number of aromatic nitrogens is 3. The zero-order valence-corrected chi connectivity index (χ0v) is 13.9. The molecule has 1 heterocycles. The van der Waals surface area contributed by atoms with Crippen LogP contribution in [0, 0.1) is 12.8 Å². The van der Waals surface area contributed by atoms with Crippen LogP contribution in [0.2, 0.25) is 5.02 Å². The van der Waals surface area contributed by atoms with Gasteiger partial charge in [-0.2, -0.15) is 0 Å². The maximum absolute atomic E-state index is 12.0. The molecule has 0 fully saturated rings. The van der Waals surface area contributed by atoms with Crippen molar-refractivity contribution < 1.29 is 9.59 Å². The molecule has 7 nitrogen and oxygen atoms in total. The van der Waals surface area contributed by atoms with Gasteiger partial charge < -0.3 is 0 Å². The number of benzene rings is 1. The highest BCUT2D eigenvalue weighted by Crippen LogP contribution is 2.14. The van der Waals surface area contributed by atoms with Crippen molar-refractivity contribution in [2.45, 2.75) is 27.2 Å². The van der Waals surface area contributed by atoms with Gasteiger partial charge in [0.05, 0.1) is 5.69 Å². The number of carbonyl (C=O) groups is 2. The Balaban J connectivity index is 2.06. The summed E-state index contributed by atoms with van der Waals surface area (Å²) < 4.78 is 1.53. The van der Waals surface area contributed by atoms with Gasteiger partial charge in [0, 0.05) is 11.4 Å². The normalized spacial score (nSPS) is 10.7. The van der Waals surface area contributed by atoms with E-state index in [2.05, 4.69) is 20.9 Å². The van der Waals surface area contributed by atoms with Crippen LogP contribution in [0.5, 0.6) is 0 Å². The quantitative estimate of drug-likeness (QED) is 0.837. The average Bonchev–Trinajstić information content (AvgIpc) is 2.87. The molecule has 122 valence electrons. The Bertz CT molecular complexity index is 709. The Hall–Kier alpha value is -2.41. The highest BCUT2D eigenvalue weighted by Gasteiger charge is 2.16. The van der Waals surface area contributed by atoms with Gasteiger partial charge in [0.25, 0.3) is 0 Å². The summed E-state index contributed by atoms with van der Waals surface area (Å²) in [6.45, 7) is 5.57. The zero-order valence-electron chi connectivity index (χ0n) is 13.1. The van der Waals surface area contributed by atoms with Gasteiger partial charge in [0.1, 0.15) is 5.82 Å². The van der Waals surface area contributed by atoms with Crippen LogP contribution in [0.1, 0.15) is 36.7 Å². The molecule has 0 atom stereocenters. The number of hydrogen-bond acceptors (Lipinski definition) is 4. The average molecular weight is 336 g/mol. The van der Waals surface area contributed by atoms with Crippen LogP contribution in [0.4, 0.5) is 0 Å². The monoisotopic (exact) mass is 335 g/mol. The van der Waals surface area contributed by atoms with Crippen molar-refractivity contribution in [2.75, 3.05) is 0 Å². The number of halogens is 1. The van der Waals surface area contributed by atoms with Gasteiger partial charge in [-0.3, -0.25) is 20.4 Å². The number of aryl methyl sites for hydroxylation is 1. The minimum atomic E-state index is -0.571. The van der Waals surface area contributed by atoms with E-state index in [1.165, 1.54) is 4.68 Å². The van der Waals surface area contributed by atoms with Crippen LogP contribution in [-0.2, 0) is 4.79 Å². The summed E-state index contributed by atoms with van der Waals surface area (Å²) in [7, 11) is 0. The van der Waals surface area contributed by atoms with E-state index in [0.29, 0.717) is 17.3 Å². The predicted octanol–water partition coefficient (Wildman–Crippen LogP) is 2.04. The van der Waals surface area contributed by atoms with Crippen LogP contribution in [0.15, 0.2) is 24.3 Å². The molecule has 0 saturated heterocycles. The third kappa shape index (κ3) is 4.53.